The van der Waals surface area contributed by atoms with Crippen LogP contribution in [0.3, 0.4) is 0 Å². The molecule has 1 unspecified atom stereocenters. The summed E-state index contributed by atoms with van der Waals surface area (Å²) in [5.41, 5.74) is 1.26. The summed E-state index contributed by atoms with van der Waals surface area (Å²) >= 11 is 0. The van der Waals surface area contributed by atoms with E-state index in [1.54, 1.807) is 21.3 Å². The van der Waals surface area contributed by atoms with Crippen LogP contribution in [-0.4, -0.2) is 34.7 Å². The third kappa shape index (κ3) is 10.5. The summed E-state index contributed by atoms with van der Waals surface area (Å²) in [7, 11) is 3.31. The quantitative estimate of drug-likeness (QED) is 0.465. The topological polar surface area (TPSA) is 58.9 Å². The van der Waals surface area contributed by atoms with Crippen LogP contribution in [0.2, 0.25) is 0 Å². The number of nitrogens with zero attached hydrogens (tertiary/aromatic N) is 1. The van der Waals surface area contributed by atoms with Gasteiger partial charge in [0.05, 0.1) is 21.3 Å². The van der Waals surface area contributed by atoms with Crippen molar-refractivity contribution >= 4 is 15.4 Å². The maximum Gasteiger partial charge on any atom is 3.00 e. The summed E-state index contributed by atoms with van der Waals surface area (Å²) in [4.78, 5) is 7.50. The Morgan fingerprint density at radius 2 is 1.82 bits per heavy atom. The standard InChI is InChI=1S/C11H13N.C3H10O3P.CO.Ir/c1-2-6-10(7-3-1)11-8-4-5-9-12-11;1-4-7(5-2)6-3;1-2;/h1-3,6,11H,4-5,8-9H2;7H,1-3H3;;/q-2;+1;-1;+3. The van der Waals surface area contributed by atoms with Gasteiger partial charge in [-0.1, -0.05) is 19.3 Å². The molecule has 0 bridgehead atoms. The molecule has 1 aromatic rings. The molecule has 0 spiro atoms. The Balaban J connectivity index is 0. The van der Waals surface area contributed by atoms with E-state index in [1.807, 2.05) is 12.1 Å². The average molecular weight is 505 g/mol. The predicted molar refractivity (Wildman–Crippen MR) is 85.1 cm³/mol. The Morgan fingerprint density at radius 1 is 1.18 bits per heavy atom. The molecular weight excluding hydrogens is 481 g/mol. The van der Waals surface area contributed by atoms with Crippen LogP contribution in [0.4, 0.5) is 0 Å². The summed E-state index contributed by atoms with van der Waals surface area (Å²) in [5.74, 6) is 0. The molecule has 1 heterocycles. The summed E-state index contributed by atoms with van der Waals surface area (Å²) in [5, 5.41) is 4.57. The van der Waals surface area contributed by atoms with Gasteiger partial charge in [-0.25, -0.2) is 0 Å². The van der Waals surface area contributed by atoms with Crippen LogP contribution >= 0.6 is 8.60 Å². The Kier molecular flexibility index (Phi) is 18.8. The minimum absolute atomic E-state index is 0. The van der Waals surface area contributed by atoms with Crippen molar-refractivity contribution in [3.8, 4) is 0 Å². The maximum atomic E-state index is 7.50. The minimum Gasteiger partial charge on any atom is -0.657 e. The molecule has 1 atom stereocenters. The zero-order chi connectivity index (χ0) is 15.9. The number of carbonyl (C=O) groups excluding carboxylic acids is 1. The summed E-state index contributed by atoms with van der Waals surface area (Å²) < 4.78 is 14.1. The van der Waals surface area contributed by atoms with E-state index in [0.29, 0.717) is 6.04 Å². The number of piperidine rings is 1. The Bertz CT molecular complexity index is 330. The molecule has 0 saturated carbocycles. The average Bonchev–Trinajstić information content (AvgIpc) is 2.60. The zero-order valence-corrected chi connectivity index (χ0v) is 16.5. The first-order valence-electron chi connectivity index (χ1n) is 6.64. The molecule has 0 amide bonds. The molecule has 1 aliphatic rings. The van der Waals surface area contributed by atoms with Crippen molar-refractivity contribution in [2.24, 2.45) is 0 Å². The first-order chi connectivity index (χ1) is 10.3. The molecule has 5 nitrogen and oxygen atoms in total. The fraction of sp³-hybridized carbons (Fsp3) is 0.533. The van der Waals surface area contributed by atoms with Crippen molar-refractivity contribution in [1.82, 2.24) is 0 Å². The second-order valence-corrected chi connectivity index (χ2v) is 5.82. The molecule has 1 fully saturated rings. The third-order valence-corrected chi connectivity index (χ3v) is 3.83. The molecule has 0 aliphatic carbocycles. The second kappa shape index (κ2) is 17.2. The molecule has 1 aliphatic heterocycles. The van der Waals surface area contributed by atoms with Crippen molar-refractivity contribution in [2.75, 3.05) is 27.9 Å². The van der Waals surface area contributed by atoms with E-state index in [2.05, 4.69) is 30.3 Å². The maximum absolute atomic E-state index is 7.50. The normalized spacial score (nSPS) is 16.5. The molecular formula is C15H23IrNO4P+. The number of hydrogen-bond acceptors (Lipinski definition) is 4. The molecule has 125 valence electrons. The molecule has 1 aromatic carbocycles. The van der Waals surface area contributed by atoms with Crippen LogP contribution in [0, 0.1) is 6.07 Å². The predicted octanol–water partition coefficient (Wildman–Crippen LogP) is 3.57. The van der Waals surface area contributed by atoms with E-state index in [-0.39, 0.29) is 20.1 Å². The summed E-state index contributed by atoms with van der Waals surface area (Å²) in [6, 6.07) is 11.8. The van der Waals surface area contributed by atoms with Gasteiger partial charge in [-0.15, -0.1) is 12.6 Å². The third-order valence-electron chi connectivity index (χ3n) is 2.83. The van der Waals surface area contributed by atoms with Gasteiger partial charge in [-0.3, -0.25) is 0 Å². The van der Waals surface area contributed by atoms with Gasteiger partial charge in [0, 0.05) is 0 Å². The van der Waals surface area contributed by atoms with Crippen LogP contribution in [0.1, 0.15) is 30.9 Å². The second-order valence-electron chi connectivity index (χ2n) is 4.10. The van der Waals surface area contributed by atoms with Crippen LogP contribution in [-0.2, 0) is 38.5 Å². The molecule has 0 aromatic heterocycles. The Morgan fingerprint density at radius 3 is 2.18 bits per heavy atom. The van der Waals surface area contributed by atoms with E-state index >= 15 is 0 Å². The minimum atomic E-state index is -1.36. The first kappa shape index (κ1) is 24.1. The fourth-order valence-electron chi connectivity index (χ4n) is 1.91. The Labute approximate surface area is 148 Å². The van der Waals surface area contributed by atoms with E-state index in [9.17, 15) is 0 Å². The van der Waals surface area contributed by atoms with Gasteiger partial charge < -0.3 is 16.9 Å². The molecule has 0 N–H and O–H groups in total. The fourth-order valence-corrected chi connectivity index (χ4v) is 2.41. The number of hydrogen-bond donors (Lipinski definition) is 0. The van der Waals surface area contributed by atoms with Crippen LogP contribution in [0.25, 0.3) is 5.32 Å². The SMILES string of the molecule is CO[PH+](OC)OC.[C-]=O.[Ir+3].[c-]1ccccc1C1CCCC[N-]1. The number of benzene rings is 1. The van der Waals surface area contributed by atoms with Gasteiger partial charge in [0.15, 0.2) is 0 Å². The van der Waals surface area contributed by atoms with Crippen molar-refractivity contribution in [2.45, 2.75) is 25.3 Å². The molecule has 22 heavy (non-hydrogen) atoms. The molecule has 7 heteroatoms. The van der Waals surface area contributed by atoms with Crippen LogP contribution in [0.15, 0.2) is 24.3 Å². The van der Waals surface area contributed by atoms with Crippen molar-refractivity contribution in [1.29, 1.82) is 0 Å². The number of rotatable bonds is 4. The largest absolute Gasteiger partial charge is 3.00 e. The Hall–Kier alpha value is -0.191. The molecule has 1 radical (unpaired) electrons. The summed E-state index contributed by atoms with van der Waals surface area (Å²) in [6.45, 7) is 5.54. The van der Waals surface area contributed by atoms with E-state index < -0.39 is 8.60 Å². The van der Waals surface area contributed by atoms with Gasteiger partial charge in [0.25, 0.3) is 0 Å². The zero-order valence-electron chi connectivity index (χ0n) is 13.1. The van der Waals surface area contributed by atoms with E-state index in [0.717, 1.165) is 6.54 Å². The molecule has 2 rings (SSSR count). The van der Waals surface area contributed by atoms with Gasteiger partial charge in [0.2, 0.25) is 0 Å². The molecule has 1 saturated heterocycles. The van der Waals surface area contributed by atoms with Crippen molar-refractivity contribution < 1.29 is 38.5 Å². The van der Waals surface area contributed by atoms with Crippen LogP contribution < -0.4 is 0 Å². The first-order valence-corrected chi connectivity index (χ1v) is 7.86. The monoisotopic (exact) mass is 505 g/mol. The van der Waals surface area contributed by atoms with Gasteiger partial charge in [-0.05, 0) is 0 Å². The van der Waals surface area contributed by atoms with Crippen LogP contribution in [0.5, 0.6) is 0 Å². The van der Waals surface area contributed by atoms with Gasteiger partial charge in [0.1, 0.15) is 0 Å². The van der Waals surface area contributed by atoms with E-state index in [1.165, 1.54) is 24.8 Å². The van der Waals surface area contributed by atoms with E-state index in [4.69, 9.17) is 18.4 Å². The van der Waals surface area contributed by atoms with Crippen molar-refractivity contribution in [3.63, 3.8) is 0 Å². The summed E-state index contributed by atoms with van der Waals surface area (Å²) in [6.07, 6.45) is 3.79. The smallest absolute Gasteiger partial charge is 0.657 e. The van der Waals surface area contributed by atoms with Gasteiger partial charge >= 0.3 is 28.7 Å². The van der Waals surface area contributed by atoms with Gasteiger partial charge in [-0.2, -0.15) is 49.5 Å². The van der Waals surface area contributed by atoms with Crippen molar-refractivity contribution in [3.05, 3.63) is 41.2 Å².